The number of nitrogens with zero attached hydrogens (tertiary/aromatic N) is 4. The second-order valence-corrected chi connectivity index (χ2v) is 14.4. The highest BCUT2D eigenvalue weighted by Crippen LogP contribution is 2.47. The van der Waals surface area contributed by atoms with Gasteiger partial charge in [-0.25, -0.2) is 0 Å². The molecule has 0 saturated heterocycles. The Labute approximate surface area is 325 Å². The van der Waals surface area contributed by atoms with Crippen LogP contribution in [0.25, 0.3) is 88.4 Å². The minimum atomic E-state index is 0.453. The zero-order valence-electron chi connectivity index (χ0n) is 31.0. The van der Waals surface area contributed by atoms with Crippen molar-refractivity contribution in [2.75, 3.05) is 0 Å². The summed E-state index contributed by atoms with van der Waals surface area (Å²) >= 11 is 0. The van der Waals surface area contributed by atoms with Gasteiger partial charge < -0.3 is 9.13 Å². The van der Waals surface area contributed by atoms with E-state index in [0.29, 0.717) is 16.7 Å². The number of rotatable bonds is 5. The summed E-state index contributed by atoms with van der Waals surface area (Å²) in [6, 6.07) is 64.1. The summed E-state index contributed by atoms with van der Waals surface area (Å²) in [5.41, 5.74) is 15.3. The Balaban J connectivity index is 1.42. The highest BCUT2D eigenvalue weighted by Gasteiger charge is 2.27. The molecule has 4 nitrogen and oxygen atoms in total. The van der Waals surface area contributed by atoms with Gasteiger partial charge in [0.15, 0.2) is 0 Å². The van der Waals surface area contributed by atoms with Crippen LogP contribution in [0.3, 0.4) is 0 Å². The van der Waals surface area contributed by atoms with Crippen molar-refractivity contribution in [2.24, 2.45) is 0 Å². The number of hydrogen-bond donors (Lipinski definition) is 0. The van der Waals surface area contributed by atoms with Crippen molar-refractivity contribution in [1.29, 1.82) is 10.5 Å². The smallest absolute Gasteiger partial charge is 0.0998 e. The van der Waals surface area contributed by atoms with Crippen LogP contribution in [0, 0.1) is 36.5 Å². The van der Waals surface area contributed by atoms with Crippen LogP contribution in [-0.2, 0) is 0 Å². The van der Waals surface area contributed by atoms with Crippen LogP contribution in [0.15, 0.2) is 170 Å². The fraction of sp³-hybridized carbons (Fsp3) is 0.0385. The van der Waals surface area contributed by atoms with Crippen molar-refractivity contribution in [1.82, 2.24) is 9.13 Å². The largest absolute Gasteiger partial charge is 0.309 e. The van der Waals surface area contributed by atoms with Crippen molar-refractivity contribution in [3.05, 3.63) is 192 Å². The maximum atomic E-state index is 10.8. The van der Waals surface area contributed by atoms with Crippen LogP contribution in [-0.4, -0.2) is 9.13 Å². The molecule has 4 heteroatoms. The minimum absolute atomic E-state index is 0.453. The van der Waals surface area contributed by atoms with E-state index in [1.54, 1.807) is 6.07 Å². The first-order valence-corrected chi connectivity index (χ1v) is 18.8. The number of aryl methyl sites for hydroxylation is 2. The summed E-state index contributed by atoms with van der Waals surface area (Å²) < 4.78 is 4.70. The Morgan fingerprint density at radius 2 is 0.911 bits per heavy atom. The lowest BCUT2D eigenvalue weighted by Crippen LogP contribution is -2.05. The van der Waals surface area contributed by atoms with Gasteiger partial charge in [-0.2, -0.15) is 10.5 Å². The Bertz CT molecular complexity index is 3130. The number of benzene rings is 8. The second kappa shape index (κ2) is 13.0. The van der Waals surface area contributed by atoms with Crippen molar-refractivity contribution in [2.45, 2.75) is 13.8 Å². The number of aromatic nitrogens is 2. The number of fused-ring (bicyclic) bond motifs is 6. The monoisotopic (exact) mass is 714 g/mol. The van der Waals surface area contributed by atoms with Gasteiger partial charge >= 0.3 is 0 Å². The molecule has 0 bridgehead atoms. The molecule has 0 N–H and O–H groups in total. The average molecular weight is 715 g/mol. The summed E-state index contributed by atoms with van der Waals surface area (Å²) in [5, 5.41) is 25.9. The Morgan fingerprint density at radius 3 is 1.48 bits per heavy atom. The van der Waals surface area contributed by atoms with Crippen LogP contribution in [0.2, 0.25) is 0 Å². The summed E-state index contributed by atoms with van der Waals surface area (Å²) in [7, 11) is 0. The van der Waals surface area contributed by atoms with E-state index in [-0.39, 0.29) is 0 Å². The molecule has 2 aromatic heterocycles. The van der Waals surface area contributed by atoms with E-state index in [2.05, 4.69) is 175 Å². The topological polar surface area (TPSA) is 57.4 Å². The molecule has 8 aromatic carbocycles. The van der Waals surface area contributed by atoms with Gasteiger partial charge in [0.05, 0.1) is 56.7 Å². The van der Waals surface area contributed by atoms with E-state index >= 15 is 0 Å². The molecule has 56 heavy (non-hydrogen) atoms. The second-order valence-electron chi connectivity index (χ2n) is 14.4. The lowest BCUT2D eigenvalue weighted by Gasteiger charge is -2.21. The van der Waals surface area contributed by atoms with Crippen molar-refractivity contribution in [3.8, 4) is 56.9 Å². The van der Waals surface area contributed by atoms with E-state index in [9.17, 15) is 10.5 Å². The van der Waals surface area contributed by atoms with E-state index < -0.39 is 0 Å². The Hall–Kier alpha value is -7.66. The highest BCUT2D eigenvalue weighted by molar-refractivity contribution is 6.18. The third-order valence-corrected chi connectivity index (χ3v) is 11.3. The van der Waals surface area contributed by atoms with Gasteiger partial charge in [0.25, 0.3) is 0 Å². The van der Waals surface area contributed by atoms with Crippen LogP contribution in [0.5, 0.6) is 0 Å². The minimum Gasteiger partial charge on any atom is -0.309 e. The Morgan fingerprint density at radius 1 is 0.393 bits per heavy atom. The molecular formula is C52H34N4. The van der Waals surface area contributed by atoms with Gasteiger partial charge in [0.2, 0.25) is 0 Å². The predicted octanol–water partition coefficient (Wildman–Crippen LogP) is 13.2. The predicted molar refractivity (Wildman–Crippen MR) is 230 cm³/mol. The molecule has 10 rings (SSSR count). The number of nitriles is 2. The maximum Gasteiger partial charge on any atom is 0.0998 e. The summed E-state index contributed by atoms with van der Waals surface area (Å²) in [5.74, 6) is 0. The molecule has 2 heterocycles. The molecule has 262 valence electrons. The average Bonchev–Trinajstić information content (AvgIpc) is 3.75. The van der Waals surface area contributed by atoms with Gasteiger partial charge in [0.1, 0.15) is 0 Å². The third kappa shape index (κ3) is 4.98. The molecule has 0 saturated carbocycles. The standard InChI is InChI=1S/C52H34N4/c1-33-13-11-14-34(2)51(33)56-45-22-10-9-21-41(45)42-25-28-48(50(52(42)56)49-39(31-53)19-12-20-40(49)32-54)55-46-26-23-37(35-15-5-3-6-16-35)29-43(46)44-30-38(24-27-47(44)55)36-17-7-4-8-18-36/h3-30H,1-2H3. The van der Waals surface area contributed by atoms with E-state index in [0.717, 1.165) is 93.9 Å². The molecule has 0 atom stereocenters. The van der Waals surface area contributed by atoms with Gasteiger partial charge in [-0.3, -0.25) is 0 Å². The van der Waals surface area contributed by atoms with Crippen LogP contribution in [0.4, 0.5) is 0 Å². The molecule has 10 aromatic rings. The van der Waals surface area contributed by atoms with E-state index in [1.165, 1.54) is 0 Å². The summed E-state index contributed by atoms with van der Waals surface area (Å²) in [4.78, 5) is 0. The van der Waals surface area contributed by atoms with Gasteiger partial charge in [-0.1, -0.05) is 121 Å². The third-order valence-electron chi connectivity index (χ3n) is 11.3. The molecule has 0 aliphatic rings. The quantitative estimate of drug-likeness (QED) is 0.178. The van der Waals surface area contributed by atoms with Crippen molar-refractivity contribution in [3.63, 3.8) is 0 Å². The van der Waals surface area contributed by atoms with E-state index in [1.807, 2.05) is 24.3 Å². The molecule has 0 aliphatic heterocycles. The molecule has 0 amide bonds. The maximum absolute atomic E-state index is 10.8. The zero-order valence-corrected chi connectivity index (χ0v) is 31.0. The SMILES string of the molecule is Cc1cccc(C)c1-n1c2ccccc2c2ccc(-n3c4ccc(-c5ccccc5)cc4c4cc(-c5ccccc5)ccc43)c(-c3c(C#N)cccc3C#N)c21. The summed E-state index contributed by atoms with van der Waals surface area (Å²) in [6.45, 7) is 4.30. The lowest BCUT2D eigenvalue weighted by molar-refractivity contribution is 1.11. The number of hydrogen-bond acceptors (Lipinski definition) is 2. The van der Waals surface area contributed by atoms with Gasteiger partial charge in [-0.15, -0.1) is 0 Å². The number of para-hydroxylation sites is 2. The fourth-order valence-electron chi connectivity index (χ4n) is 8.78. The molecule has 0 radical (unpaired) electrons. The van der Waals surface area contributed by atoms with Gasteiger partial charge in [-0.05, 0) is 95.8 Å². The van der Waals surface area contributed by atoms with E-state index in [4.69, 9.17) is 0 Å². The molecule has 0 fully saturated rings. The van der Waals surface area contributed by atoms with Crippen LogP contribution in [0.1, 0.15) is 22.3 Å². The van der Waals surface area contributed by atoms with Gasteiger partial charge in [0, 0.05) is 32.7 Å². The van der Waals surface area contributed by atoms with Crippen LogP contribution >= 0.6 is 0 Å². The first-order chi connectivity index (χ1) is 27.6. The van der Waals surface area contributed by atoms with Crippen LogP contribution < -0.4 is 0 Å². The Kier molecular flexibility index (Phi) is 7.66. The fourth-order valence-corrected chi connectivity index (χ4v) is 8.78. The lowest BCUT2D eigenvalue weighted by atomic mass is 9.91. The first-order valence-electron chi connectivity index (χ1n) is 18.8. The van der Waals surface area contributed by atoms with Crippen molar-refractivity contribution < 1.29 is 0 Å². The molecule has 0 unspecified atom stereocenters. The van der Waals surface area contributed by atoms with Crippen molar-refractivity contribution >= 4 is 43.6 Å². The first kappa shape index (κ1) is 32.9. The molecule has 0 spiro atoms. The zero-order chi connectivity index (χ0) is 37.9. The molecular weight excluding hydrogens is 681 g/mol. The normalized spacial score (nSPS) is 11.4. The molecule has 0 aliphatic carbocycles. The highest BCUT2D eigenvalue weighted by atomic mass is 15.0. The summed E-state index contributed by atoms with van der Waals surface area (Å²) in [6.07, 6.45) is 0.